The summed E-state index contributed by atoms with van der Waals surface area (Å²) in [4.78, 5) is 2.51. The number of rotatable bonds is 7. The maximum atomic E-state index is 9.01. The lowest BCUT2D eigenvalue weighted by molar-refractivity contribution is 0.109. The van der Waals surface area contributed by atoms with Crippen molar-refractivity contribution in [1.29, 1.82) is 0 Å². The van der Waals surface area contributed by atoms with Gasteiger partial charge in [-0.15, -0.1) is 0 Å². The van der Waals surface area contributed by atoms with Crippen LogP contribution in [0.4, 0.5) is 0 Å². The van der Waals surface area contributed by atoms with Crippen molar-refractivity contribution in [2.45, 2.75) is 44.8 Å². The van der Waals surface area contributed by atoms with E-state index in [9.17, 15) is 0 Å². The summed E-state index contributed by atoms with van der Waals surface area (Å²) in [6.07, 6.45) is 4.81. The predicted molar refractivity (Wildman–Crippen MR) is 74.1 cm³/mol. The first-order valence-electron chi connectivity index (χ1n) is 6.97. The molecule has 1 aliphatic carbocycles. The normalized spacial score (nSPS) is 15.9. The van der Waals surface area contributed by atoms with Gasteiger partial charge in [-0.1, -0.05) is 30.7 Å². The molecule has 0 saturated heterocycles. The molecule has 100 valence electrons. The zero-order valence-electron chi connectivity index (χ0n) is 11.0. The molecule has 0 amide bonds. The molecule has 3 heteroatoms. The average molecular weight is 248 g/mol. The van der Waals surface area contributed by atoms with Crippen LogP contribution in [0, 0.1) is 0 Å². The quantitative estimate of drug-likeness (QED) is 0.774. The van der Waals surface area contributed by atoms with Gasteiger partial charge < -0.3 is 10.8 Å². The van der Waals surface area contributed by atoms with E-state index in [4.69, 9.17) is 10.8 Å². The molecule has 0 radical (unpaired) electrons. The Hall–Kier alpha value is -0.900. The number of nitrogens with two attached hydrogens (primary N) is 1. The lowest BCUT2D eigenvalue weighted by atomic mass is 9.90. The highest BCUT2D eigenvalue weighted by atomic mass is 16.3. The SMILES string of the molecule is NCc1ccccc1CN(CCCO)C1CCC1. The Balaban J connectivity index is 2.02. The molecule has 0 aliphatic heterocycles. The molecule has 1 aromatic carbocycles. The second-order valence-corrected chi connectivity index (χ2v) is 5.11. The third kappa shape index (κ3) is 3.31. The van der Waals surface area contributed by atoms with Gasteiger partial charge in [-0.2, -0.15) is 0 Å². The summed E-state index contributed by atoms with van der Waals surface area (Å²) in [5.74, 6) is 0. The van der Waals surface area contributed by atoms with E-state index in [1.165, 1.54) is 30.4 Å². The molecular weight excluding hydrogens is 224 g/mol. The van der Waals surface area contributed by atoms with Crippen molar-refractivity contribution < 1.29 is 5.11 Å². The van der Waals surface area contributed by atoms with Crippen LogP contribution in [0.1, 0.15) is 36.8 Å². The fourth-order valence-corrected chi connectivity index (χ4v) is 2.55. The summed E-state index contributed by atoms with van der Waals surface area (Å²) in [5.41, 5.74) is 8.37. The summed E-state index contributed by atoms with van der Waals surface area (Å²) in [6, 6.07) is 9.13. The van der Waals surface area contributed by atoms with Crippen LogP contribution in [0.3, 0.4) is 0 Å². The zero-order valence-corrected chi connectivity index (χ0v) is 11.0. The number of nitrogens with zero attached hydrogens (tertiary/aromatic N) is 1. The molecule has 0 unspecified atom stereocenters. The first-order valence-corrected chi connectivity index (χ1v) is 6.97. The zero-order chi connectivity index (χ0) is 12.8. The minimum atomic E-state index is 0.280. The number of hydrogen-bond acceptors (Lipinski definition) is 3. The van der Waals surface area contributed by atoms with Crippen LogP contribution in [-0.2, 0) is 13.1 Å². The van der Waals surface area contributed by atoms with E-state index < -0.39 is 0 Å². The van der Waals surface area contributed by atoms with Gasteiger partial charge >= 0.3 is 0 Å². The first-order chi connectivity index (χ1) is 8.85. The average Bonchev–Trinajstić information content (AvgIpc) is 2.34. The van der Waals surface area contributed by atoms with Gasteiger partial charge in [-0.05, 0) is 30.4 Å². The van der Waals surface area contributed by atoms with Crippen LogP contribution in [0.5, 0.6) is 0 Å². The van der Waals surface area contributed by atoms with Crippen molar-refractivity contribution in [3.63, 3.8) is 0 Å². The van der Waals surface area contributed by atoms with Crippen LogP contribution in [0.2, 0.25) is 0 Å². The summed E-state index contributed by atoms with van der Waals surface area (Å²) in [6.45, 7) is 2.84. The molecule has 1 saturated carbocycles. The van der Waals surface area contributed by atoms with Crippen LogP contribution >= 0.6 is 0 Å². The fraction of sp³-hybridized carbons (Fsp3) is 0.600. The Morgan fingerprint density at radius 2 is 1.94 bits per heavy atom. The third-order valence-corrected chi connectivity index (χ3v) is 3.91. The standard InChI is InChI=1S/C15H24N2O/c16-11-13-5-1-2-6-14(13)12-17(9-4-10-18)15-7-3-8-15/h1-2,5-6,15,18H,3-4,7-12,16H2. The molecule has 1 aromatic rings. The minimum Gasteiger partial charge on any atom is -0.396 e. The molecule has 1 fully saturated rings. The highest BCUT2D eigenvalue weighted by molar-refractivity contribution is 5.26. The number of aliphatic hydroxyl groups excluding tert-OH is 1. The van der Waals surface area contributed by atoms with Crippen molar-refractivity contribution in [2.75, 3.05) is 13.2 Å². The largest absolute Gasteiger partial charge is 0.396 e. The van der Waals surface area contributed by atoms with Gasteiger partial charge in [0.1, 0.15) is 0 Å². The number of benzene rings is 1. The lowest BCUT2D eigenvalue weighted by Crippen LogP contribution is -2.40. The Labute approximate surface area is 110 Å². The summed E-state index contributed by atoms with van der Waals surface area (Å²) >= 11 is 0. The molecule has 0 heterocycles. The second kappa shape index (κ2) is 6.88. The van der Waals surface area contributed by atoms with E-state index in [1.54, 1.807) is 0 Å². The lowest BCUT2D eigenvalue weighted by Gasteiger charge is -2.38. The molecular formula is C15H24N2O. The van der Waals surface area contributed by atoms with Gasteiger partial charge in [-0.25, -0.2) is 0 Å². The molecule has 0 atom stereocenters. The van der Waals surface area contributed by atoms with Gasteiger partial charge in [0.15, 0.2) is 0 Å². The van der Waals surface area contributed by atoms with Crippen LogP contribution in [0.25, 0.3) is 0 Å². The number of hydrogen-bond donors (Lipinski definition) is 2. The molecule has 18 heavy (non-hydrogen) atoms. The van der Waals surface area contributed by atoms with E-state index >= 15 is 0 Å². The summed E-state index contributed by atoms with van der Waals surface area (Å²) in [5, 5.41) is 9.01. The topological polar surface area (TPSA) is 49.5 Å². The molecule has 0 aromatic heterocycles. The fourth-order valence-electron chi connectivity index (χ4n) is 2.55. The monoisotopic (exact) mass is 248 g/mol. The van der Waals surface area contributed by atoms with Crippen molar-refractivity contribution in [2.24, 2.45) is 5.73 Å². The smallest absolute Gasteiger partial charge is 0.0443 e. The van der Waals surface area contributed by atoms with Crippen molar-refractivity contribution in [3.8, 4) is 0 Å². The van der Waals surface area contributed by atoms with Gasteiger partial charge in [0.25, 0.3) is 0 Å². The predicted octanol–water partition coefficient (Wildman–Crippen LogP) is 1.88. The first kappa shape index (κ1) is 13.5. The minimum absolute atomic E-state index is 0.280. The molecule has 0 bridgehead atoms. The molecule has 2 rings (SSSR count). The van der Waals surface area contributed by atoms with Crippen molar-refractivity contribution >= 4 is 0 Å². The summed E-state index contributed by atoms with van der Waals surface area (Å²) in [7, 11) is 0. The van der Waals surface area contributed by atoms with Crippen LogP contribution in [-0.4, -0.2) is 29.2 Å². The Morgan fingerprint density at radius 1 is 1.22 bits per heavy atom. The van der Waals surface area contributed by atoms with Crippen LogP contribution < -0.4 is 5.73 Å². The molecule has 3 nitrogen and oxygen atoms in total. The van der Waals surface area contributed by atoms with Gasteiger partial charge in [0.05, 0.1) is 0 Å². The van der Waals surface area contributed by atoms with Crippen molar-refractivity contribution in [3.05, 3.63) is 35.4 Å². The number of aliphatic hydroxyl groups is 1. The van der Waals surface area contributed by atoms with E-state index in [2.05, 4.69) is 23.1 Å². The van der Waals surface area contributed by atoms with Crippen LogP contribution in [0.15, 0.2) is 24.3 Å². The molecule has 1 aliphatic rings. The Kier molecular flexibility index (Phi) is 5.17. The second-order valence-electron chi connectivity index (χ2n) is 5.11. The highest BCUT2D eigenvalue weighted by Crippen LogP contribution is 2.27. The molecule has 3 N–H and O–H groups in total. The van der Waals surface area contributed by atoms with Gasteiger partial charge in [0.2, 0.25) is 0 Å². The molecule has 0 spiro atoms. The van der Waals surface area contributed by atoms with E-state index in [-0.39, 0.29) is 6.61 Å². The summed E-state index contributed by atoms with van der Waals surface area (Å²) < 4.78 is 0. The van der Waals surface area contributed by atoms with Crippen molar-refractivity contribution in [1.82, 2.24) is 4.90 Å². The Morgan fingerprint density at radius 3 is 2.50 bits per heavy atom. The van der Waals surface area contributed by atoms with Gasteiger partial charge in [-0.3, -0.25) is 4.90 Å². The highest BCUT2D eigenvalue weighted by Gasteiger charge is 2.24. The van der Waals surface area contributed by atoms with Gasteiger partial charge in [0, 0.05) is 32.3 Å². The van der Waals surface area contributed by atoms with E-state index in [1.807, 2.05) is 6.07 Å². The Bertz CT molecular complexity index is 363. The maximum absolute atomic E-state index is 9.01. The maximum Gasteiger partial charge on any atom is 0.0443 e. The van der Waals surface area contributed by atoms with E-state index in [0.717, 1.165) is 19.5 Å². The third-order valence-electron chi connectivity index (χ3n) is 3.91. The van der Waals surface area contributed by atoms with E-state index in [0.29, 0.717) is 12.6 Å².